The highest BCUT2D eigenvalue weighted by Crippen LogP contribution is 2.39. The van der Waals surface area contributed by atoms with Crippen molar-refractivity contribution in [2.24, 2.45) is 0 Å². The van der Waals surface area contributed by atoms with Gasteiger partial charge in [0.05, 0.1) is 19.7 Å². The standard InChI is InChI=1S/C19H19FN2O3S/c1-21-11-5-6-15(13(20)7-11)25-16-10-19(26-4)22-14-9-18(24-3)17(23-2)8-12(14)16/h5-10,21H,1-4H3. The van der Waals surface area contributed by atoms with Crippen molar-refractivity contribution in [1.29, 1.82) is 0 Å². The minimum atomic E-state index is -0.451. The molecule has 0 saturated carbocycles. The van der Waals surface area contributed by atoms with Crippen LogP contribution >= 0.6 is 11.8 Å². The van der Waals surface area contributed by atoms with Crippen LogP contribution in [-0.4, -0.2) is 32.5 Å². The molecule has 0 unspecified atom stereocenters. The van der Waals surface area contributed by atoms with E-state index in [4.69, 9.17) is 14.2 Å². The lowest BCUT2D eigenvalue weighted by Crippen LogP contribution is -1.96. The monoisotopic (exact) mass is 374 g/mol. The van der Waals surface area contributed by atoms with Gasteiger partial charge in [0.1, 0.15) is 10.8 Å². The summed E-state index contributed by atoms with van der Waals surface area (Å²) in [5.74, 6) is 1.30. The summed E-state index contributed by atoms with van der Waals surface area (Å²) in [6.45, 7) is 0. The topological polar surface area (TPSA) is 52.6 Å². The molecule has 136 valence electrons. The summed E-state index contributed by atoms with van der Waals surface area (Å²) in [5.41, 5.74) is 1.35. The second-order valence-electron chi connectivity index (χ2n) is 5.38. The molecule has 5 nitrogen and oxygen atoms in total. The van der Waals surface area contributed by atoms with E-state index in [9.17, 15) is 4.39 Å². The first-order valence-corrected chi connectivity index (χ1v) is 9.08. The van der Waals surface area contributed by atoms with Crippen molar-refractivity contribution in [2.75, 3.05) is 32.8 Å². The summed E-state index contributed by atoms with van der Waals surface area (Å²) in [4.78, 5) is 4.57. The highest BCUT2D eigenvalue weighted by atomic mass is 32.2. The second-order valence-corrected chi connectivity index (χ2v) is 6.21. The van der Waals surface area contributed by atoms with Gasteiger partial charge in [0.2, 0.25) is 0 Å². The highest BCUT2D eigenvalue weighted by Gasteiger charge is 2.15. The molecule has 0 atom stereocenters. The van der Waals surface area contributed by atoms with E-state index in [0.29, 0.717) is 33.8 Å². The van der Waals surface area contributed by atoms with Gasteiger partial charge in [-0.05, 0) is 24.5 Å². The van der Waals surface area contributed by atoms with E-state index >= 15 is 0 Å². The number of aromatic nitrogens is 1. The Kier molecular flexibility index (Phi) is 5.37. The van der Waals surface area contributed by atoms with Crippen LogP contribution < -0.4 is 19.5 Å². The van der Waals surface area contributed by atoms with Crippen molar-refractivity contribution in [1.82, 2.24) is 4.98 Å². The molecule has 3 rings (SSSR count). The van der Waals surface area contributed by atoms with Gasteiger partial charge in [0.15, 0.2) is 23.1 Å². The van der Waals surface area contributed by atoms with Gasteiger partial charge >= 0.3 is 0 Å². The minimum absolute atomic E-state index is 0.137. The number of pyridine rings is 1. The first kappa shape index (κ1) is 18.1. The fraction of sp³-hybridized carbons (Fsp3) is 0.211. The van der Waals surface area contributed by atoms with E-state index in [2.05, 4.69) is 10.3 Å². The van der Waals surface area contributed by atoms with Crippen LogP contribution in [-0.2, 0) is 0 Å². The number of fused-ring (bicyclic) bond motifs is 1. The van der Waals surface area contributed by atoms with Crippen molar-refractivity contribution < 1.29 is 18.6 Å². The minimum Gasteiger partial charge on any atom is -0.493 e. The third-order valence-electron chi connectivity index (χ3n) is 3.90. The number of nitrogens with one attached hydrogen (secondary N) is 1. The lowest BCUT2D eigenvalue weighted by molar-refractivity contribution is 0.355. The molecule has 0 radical (unpaired) electrons. The summed E-state index contributed by atoms with van der Waals surface area (Å²) in [7, 11) is 4.86. The number of halogens is 1. The number of thioether (sulfide) groups is 1. The Morgan fingerprint density at radius 2 is 1.69 bits per heavy atom. The Hall–Kier alpha value is -2.67. The van der Waals surface area contributed by atoms with Crippen LogP contribution in [0.1, 0.15) is 0 Å². The molecular weight excluding hydrogens is 355 g/mol. The fourth-order valence-corrected chi connectivity index (χ4v) is 2.96. The Morgan fingerprint density at radius 3 is 2.31 bits per heavy atom. The maximum atomic E-state index is 14.3. The van der Waals surface area contributed by atoms with Crippen LogP contribution in [0.15, 0.2) is 41.4 Å². The first-order valence-electron chi connectivity index (χ1n) is 7.85. The van der Waals surface area contributed by atoms with Gasteiger partial charge in [-0.25, -0.2) is 9.37 Å². The Bertz CT molecular complexity index is 950. The number of benzene rings is 2. The van der Waals surface area contributed by atoms with E-state index in [-0.39, 0.29) is 5.75 Å². The molecule has 0 aliphatic carbocycles. The lowest BCUT2D eigenvalue weighted by atomic mass is 10.1. The van der Waals surface area contributed by atoms with Crippen LogP contribution in [0.4, 0.5) is 10.1 Å². The van der Waals surface area contributed by atoms with Gasteiger partial charge in [0, 0.05) is 36.3 Å². The highest BCUT2D eigenvalue weighted by molar-refractivity contribution is 7.98. The van der Waals surface area contributed by atoms with Crippen molar-refractivity contribution in [3.8, 4) is 23.0 Å². The molecule has 3 aromatic rings. The number of nitrogens with zero attached hydrogens (tertiary/aromatic N) is 1. The largest absolute Gasteiger partial charge is 0.493 e. The normalized spacial score (nSPS) is 10.7. The average Bonchev–Trinajstić information content (AvgIpc) is 2.67. The Balaban J connectivity index is 2.14. The molecule has 0 bridgehead atoms. The van der Waals surface area contributed by atoms with Gasteiger partial charge in [-0.2, -0.15) is 0 Å². The zero-order chi connectivity index (χ0) is 18.7. The van der Waals surface area contributed by atoms with Gasteiger partial charge in [0.25, 0.3) is 0 Å². The number of hydrogen-bond acceptors (Lipinski definition) is 6. The summed E-state index contributed by atoms with van der Waals surface area (Å²) in [5, 5.41) is 4.36. The van der Waals surface area contributed by atoms with Gasteiger partial charge < -0.3 is 19.5 Å². The maximum Gasteiger partial charge on any atom is 0.167 e. The quantitative estimate of drug-likeness (QED) is 0.616. The van der Waals surface area contributed by atoms with Gasteiger partial charge in [-0.15, -0.1) is 11.8 Å². The number of rotatable bonds is 6. The fourth-order valence-electron chi connectivity index (χ4n) is 2.55. The molecule has 2 aromatic carbocycles. The molecule has 7 heteroatoms. The number of hydrogen-bond donors (Lipinski definition) is 1. The molecule has 0 aliphatic heterocycles. The molecular formula is C19H19FN2O3S. The zero-order valence-electron chi connectivity index (χ0n) is 14.9. The van der Waals surface area contributed by atoms with Crippen LogP contribution in [0.2, 0.25) is 0 Å². The molecule has 0 aliphatic rings. The first-order chi connectivity index (χ1) is 12.6. The van der Waals surface area contributed by atoms with Crippen molar-refractivity contribution in [3.63, 3.8) is 0 Å². The second kappa shape index (κ2) is 7.70. The summed E-state index contributed by atoms with van der Waals surface area (Å²) < 4.78 is 30.9. The van der Waals surface area contributed by atoms with E-state index in [1.54, 1.807) is 51.6 Å². The number of ether oxygens (including phenoxy) is 3. The Labute approximate surface area is 155 Å². The molecule has 26 heavy (non-hydrogen) atoms. The Morgan fingerprint density at radius 1 is 0.962 bits per heavy atom. The van der Waals surface area contributed by atoms with Crippen LogP contribution in [0.3, 0.4) is 0 Å². The lowest BCUT2D eigenvalue weighted by Gasteiger charge is -2.14. The average molecular weight is 374 g/mol. The predicted molar refractivity (Wildman–Crippen MR) is 103 cm³/mol. The van der Waals surface area contributed by atoms with E-state index in [1.807, 2.05) is 6.26 Å². The van der Waals surface area contributed by atoms with Gasteiger partial charge in [-0.3, -0.25) is 0 Å². The summed E-state index contributed by atoms with van der Waals surface area (Å²) >= 11 is 1.48. The molecule has 1 aromatic heterocycles. The van der Waals surface area contributed by atoms with E-state index < -0.39 is 5.82 Å². The van der Waals surface area contributed by atoms with Crippen LogP contribution in [0, 0.1) is 5.82 Å². The smallest absolute Gasteiger partial charge is 0.167 e. The maximum absolute atomic E-state index is 14.3. The van der Waals surface area contributed by atoms with Gasteiger partial charge in [-0.1, -0.05) is 0 Å². The van der Waals surface area contributed by atoms with Crippen molar-refractivity contribution in [3.05, 3.63) is 42.2 Å². The zero-order valence-corrected chi connectivity index (χ0v) is 15.7. The third kappa shape index (κ3) is 3.48. The summed E-state index contributed by atoms with van der Waals surface area (Å²) in [6, 6.07) is 10.1. The molecule has 1 heterocycles. The van der Waals surface area contributed by atoms with E-state index in [1.165, 1.54) is 17.8 Å². The summed E-state index contributed by atoms with van der Waals surface area (Å²) in [6.07, 6.45) is 1.92. The third-order valence-corrected chi connectivity index (χ3v) is 4.53. The van der Waals surface area contributed by atoms with E-state index in [0.717, 1.165) is 5.03 Å². The van der Waals surface area contributed by atoms with Crippen molar-refractivity contribution in [2.45, 2.75) is 5.03 Å². The molecule has 0 amide bonds. The molecule has 0 spiro atoms. The predicted octanol–water partition coefficient (Wildman–Crippen LogP) is 4.95. The van der Waals surface area contributed by atoms with Crippen LogP contribution in [0.5, 0.6) is 23.0 Å². The molecule has 1 N–H and O–H groups in total. The van der Waals surface area contributed by atoms with Crippen molar-refractivity contribution >= 4 is 28.4 Å². The number of anilines is 1. The SMILES string of the molecule is CNc1ccc(Oc2cc(SC)nc3cc(OC)c(OC)cc23)c(F)c1. The molecule has 0 fully saturated rings. The number of methoxy groups -OCH3 is 2. The molecule has 0 saturated heterocycles. The van der Waals surface area contributed by atoms with Crippen LogP contribution in [0.25, 0.3) is 10.9 Å².